The SMILES string of the molecule is CCCCC1CCC(C(Br)c2cc(F)c(F)cc2Cl)CC1. The van der Waals surface area contributed by atoms with Gasteiger partial charge in [0.1, 0.15) is 0 Å². The van der Waals surface area contributed by atoms with Crippen LogP contribution in [0.3, 0.4) is 0 Å². The van der Waals surface area contributed by atoms with E-state index in [1.165, 1.54) is 38.2 Å². The highest BCUT2D eigenvalue weighted by Gasteiger charge is 2.28. The Morgan fingerprint density at radius 1 is 1.19 bits per heavy atom. The molecule has 0 heterocycles. The molecule has 0 aliphatic heterocycles. The molecule has 2 rings (SSSR count). The maximum atomic E-state index is 13.4. The Morgan fingerprint density at radius 3 is 2.43 bits per heavy atom. The highest BCUT2D eigenvalue weighted by atomic mass is 79.9. The molecule has 1 aliphatic rings. The van der Waals surface area contributed by atoms with E-state index in [-0.39, 0.29) is 4.83 Å². The number of halogens is 4. The van der Waals surface area contributed by atoms with E-state index in [1.807, 2.05) is 0 Å². The fourth-order valence-corrected chi connectivity index (χ4v) is 4.57. The smallest absolute Gasteiger partial charge is 0.160 e. The van der Waals surface area contributed by atoms with Crippen LogP contribution in [0.5, 0.6) is 0 Å². The molecule has 0 radical (unpaired) electrons. The molecular formula is C17H22BrClF2. The van der Waals surface area contributed by atoms with Gasteiger partial charge < -0.3 is 0 Å². The van der Waals surface area contributed by atoms with Crippen molar-refractivity contribution in [2.75, 3.05) is 0 Å². The van der Waals surface area contributed by atoms with Gasteiger partial charge in [0.25, 0.3) is 0 Å². The van der Waals surface area contributed by atoms with Gasteiger partial charge in [-0.1, -0.05) is 66.6 Å². The van der Waals surface area contributed by atoms with E-state index in [9.17, 15) is 8.78 Å². The number of hydrogen-bond donors (Lipinski definition) is 0. The van der Waals surface area contributed by atoms with Crippen molar-refractivity contribution in [1.82, 2.24) is 0 Å². The molecule has 0 amide bonds. The number of rotatable bonds is 5. The molecule has 1 aromatic rings. The first-order chi connectivity index (χ1) is 10.0. The lowest BCUT2D eigenvalue weighted by Crippen LogP contribution is -2.18. The van der Waals surface area contributed by atoms with Gasteiger partial charge >= 0.3 is 0 Å². The van der Waals surface area contributed by atoms with Gasteiger partial charge in [0, 0.05) is 9.85 Å². The summed E-state index contributed by atoms with van der Waals surface area (Å²) >= 11 is 9.73. The fourth-order valence-electron chi connectivity index (χ4n) is 3.27. The van der Waals surface area contributed by atoms with Gasteiger partial charge in [-0.3, -0.25) is 0 Å². The van der Waals surface area contributed by atoms with Crippen LogP contribution in [0.1, 0.15) is 62.3 Å². The normalized spacial score (nSPS) is 24.0. The molecule has 0 aromatic heterocycles. The Morgan fingerprint density at radius 2 is 1.81 bits per heavy atom. The second-order valence-electron chi connectivity index (χ2n) is 6.11. The molecule has 0 nitrogen and oxygen atoms in total. The summed E-state index contributed by atoms with van der Waals surface area (Å²) in [4.78, 5) is 0.00669. The third kappa shape index (κ3) is 4.41. The Bertz CT molecular complexity index is 470. The highest BCUT2D eigenvalue weighted by molar-refractivity contribution is 9.09. The molecule has 1 saturated carbocycles. The second kappa shape index (κ2) is 7.92. The van der Waals surface area contributed by atoms with Crippen LogP contribution in [0.25, 0.3) is 0 Å². The quantitative estimate of drug-likeness (QED) is 0.380. The van der Waals surface area contributed by atoms with Crippen molar-refractivity contribution in [3.63, 3.8) is 0 Å². The molecule has 21 heavy (non-hydrogen) atoms. The van der Waals surface area contributed by atoms with Gasteiger partial charge in [0.15, 0.2) is 11.6 Å². The molecule has 0 saturated heterocycles. The Kier molecular flexibility index (Phi) is 6.49. The number of benzene rings is 1. The summed E-state index contributed by atoms with van der Waals surface area (Å²) in [6.45, 7) is 2.23. The van der Waals surface area contributed by atoms with Gasteiger partial charge in [0.2, 0.25) is 0 Å². The molecule has 118 valence electrons. The van der Waals surface area contributed by atoms with Crippen LogP contribution in [-0.2, 0) is 0 Å². The van der Waals surface area contributed by atoms with Crippen LogP contribution >= 0.6 is 27.5 Å². The molecule has 0 N–H and O–H groups in total. The molecule has 1 aromatic carbocycles. The minimum Gasteiger partial charge on any atom is -0.204 e. The summed E-state index contributed by atoms with van der Waals surface area (Å²) in [5, 5.41) is 0.309. The van der Waals surface area contributed by atoms with Crippen LogP contribution in [0, 0.1) is 23.5 Å². The summed E-state index contributed by atoms with van der Waals surface area (Å²) in [5.74, 6) is -0.422. The lowest BCUT2D eigenvalue weighted by Gasteiger charge is -2.32. The topological polar surface area (TPSA) is 0 Å². The molecular weight excluding hydrogens is 358 g/mol. The maximum Gasteiger partial charge on any atom is 0.160 e. The van der Waals surface area contributed by atoms with Gasteiger partial charge in [0.05, 0.1) is 0 Å². The molecule has 0 bridgehead atoms. The lowest BCUT2D eigenvalue weighted by molar-refractivity contribution is 0.257. The predicted molar refractivity (Wildman–Crippen MR) is 88.0 cm³/mol. The van der Waals surface area contributed by atoms with Gasteiger partial charge in [-0.2, -0.15) is 0 Å². The molecule has 1 unspecified atom stereocenters. The maximum absolute atomic E-state index is 13.4. The van der Waals surface area contributed by atoms with Crippen molar-refractivity contribution in [2.45, 2.75) is 56.7 Å². The molecule has 1 atom stereocenters. The third-order valence-corrected chi connectivity index (χ3v) is 6.18. The van der Waals surface area contributed by atoms with Crippen molar-refractivity contribution in [2.24, 2.45) is 11.8 Å². The van der Waals surface area contributed by atoms with E-state index in [4.69, 9.17) is 11.6 Å². The summed E-state index contributed by atoms with van der Waals surface area (Å²) < 4.78 is 26.6. The minimum absolute atomic E-state index is 0.00669. The van der Waals surface area contributed by atoms with Gasteiger partial charge in [-0.15, -0.1) is 0 Å². The average Bonchev–Trinajstić information content (AvgIpc) is 2.48. The molecule has 4 heteroatoms. The summed E-state index contributed by atoms with van der Waals surface area (Å²) in [7, 11) is 0. The van der Waals surface area contributed by atoms with Crippen LogP contribution in [0.4, 0.5) is 8.78 Å². The van der Waals surface area contributed by atoms with E-state index >= 15 is 0 Å². The van der Waals surface area contributed by atoms with Crippen molar-refractivity contribution >= 4 is 27.5 Å². The van der Waals surface area contributed by atoms with Crippen molar-refractivity contribution < 1.29 is 8.78 Å². The lowest BCUT2D eigenvalue weighted by atomic mass is 9.77. The van der Waals surface area contributed by atoms with Crippen LogP contribution in [-0.4, -0.2) is 0 Å². The molecule has 1 fully saturated rings. The molecule has 0 spiro atoms. The number of unbranched alkanes of at least 4 members (excludes halogenated alkanes) is 1. The first kappa shape index (κ1) is 17.2. The third-order valence-electron chi connectivity index (χ3n) is 4.61. The van der Waals surface area contributed by atoms with Crippen LogP contribution in [0.2, 0.25) is 5.02 Å². The van der Waals surface area contributed by atoms with Gasteiger partial charge in [-0.25, -0.2) is 8.78 Å². The Hall–Kier alpha value is -0.150. The van der Waals surface area contributed by atoms with E-state index in [1.54, 1.807) is 0 Å². The largest absolute Gasteiger partial charge is 0.204 e. The van der Waals surface area contributed by atoms with E-state index < -0.39 is 11.6 Å². The zero-order chi connectivity index (χ0) is 15.4. The van der Waals surface area contributed by atoms with Crippen LogP contribution < -0.4 is 0 Å². The summed E-state index contributed by atoms with van der Waals surface area (Å²) in [6.07, 6.45) is 8.59. The molecule has 1 aliphatic carbocycles. The second-order valence-corrected chi connectivity index (χ2v) is 7.51. The van der Waals surface area contributed by atoms with Crippen molar-refractivity contribution in [3.8, 4) is 0 Å². The summed E-state index contributed by atoms with van der Waals surface area (Å²) in [6, 6.07) is 2.31. The number of alkyl halides is 1. The highest BCUT2D eigenvalue weighted by Crippen LogP contribution is 2.44. The zero-order valence-corrected chi connectivity index (χ0v) is 14.7. The Balaban J connectivity index is 1.99. The summed E-state index contributed by atoms with van der Waals surface area (Å²) in [5.41, 5.74) is 0.674. The monoisotopic (exact) mass is 378 g/mol. The van der Waals surface area contributed by atoms with E-state index in [2.05, 4.69) is 22.9 Å². The zero-order valence-electron chi connectivity index (χ0n) is 12.3. The first-order valence-corrected chi connectivity index (χ1v) is 9.10. The van der Waals surface area contributed by atoms with Crippen molar-refractivity contribution in [3.05, 3.63) is 34.4 Å². The minimum atomic E-state index is -0.883. The van der Waals surface area contributed by atoms with E-state index in [0.717, 1.165) is 24.8 Å². The fraction of sp³-hybridized carbons (Fsp3) is 0.647. The predicted octanol–water partition coefficient (Wildman–Crippen LogP) is 7.05. The van der Waals surface area contributed by atoms with E-state index in [0.29, 0.717) is 16.5 Å². The first-order valence-electron chi connectivity index (χ1n) is 7.81. The van der Waals surface area contributed by atoms with Gasteiger partial charge in [-0.05, 0) is 42.4 Å². The van der Waals surface area contributed by atoms with Crippen LogP contribution in [0.15, 0.2) is 12.1 Å². The standard InChI is InChI=1S/C17H22BrClF2/c1-2-3-4-11-5-7-12(8-6-11)17(18)13-9-15(20)16(21)10-14(13)19/h9-12,17H,2-8H2,1H3. The van der Waals surface area contributed by atoms with Crippen molar-refractivity contribution in [1.29, 1.82) is 0 Å². The Labute approximate surface area is 139 Å². The number of hydrogen-bond acceptors (Lipinski definition) is 0. The average molecular weight is 380 g/mol.